The molecule has 4 aliphatic carbocycles. The first kappa shape index (κ1) is 15.5. The van der Waals surface area contributed by atoms with E-state index >= 15 is 0 Å². The number of rotatable bonds is 1. The molecule has 0 amide bonds. The molecule has 0 bridgehead atoms. The Hall–Kier alpha value is -0.760. The zero-order valence-electron chi connectivity index (χ0n) is 15.7. The van der Waals surface area contributed by atoms with E-state index in [-0.39, 0.29) is 0 Å². The Bertz CT molecular complexity index is 605. The quantitative estimate of drug-likeness (QED) is 0.753. The molecule has 132 valence electrons. The highest BCUT2D eigenvalue weighted by atomic mass is 15.0. The highest BCUT2D eigenvalue weighted by Crippen LogP contribution is 2.67. The second-order valence-electron chi connectivity index (χ2n) is 9.73. The van der Waals surface area contributed by atoms with Gasteiger partial charge in [-0.2, -0.15) is 0 Å². The molecule has 0 aromatic heterocycles. The summed E-state index contributed by atoms with van der Waals surface area (Å²) in [5.74, 6) is 3.83. The van der Waals surface area contributed by atoms with Gasteiger partial charge < -0.3 is 10.6 Å². The molecule has 1 spiro atoms. The summed E-state index contributed by atoms with van der Waals surface area (Å²) in [5, 5.41) is 7.26. The van der Waals surface area contributed by atoms with Gasteiger partial charge in [0.15, 0.2) is 0 Å². The highest BCUT2D eigenvalue weighted by Gasteiger charge is 2.62. The molecule has 7 atom stereocenters. The molecular weight excluding hydrogens is 292 g/mol. The summed E-state index contributed by atoms with van der Waals surface area (Å²) >= 11 is 0. The predicted octanol–water partition coefficient (Wildman–Crippen LogP) is 4.25. The molecule has 0 aromatic carbocycles. The van der Waals surface area contributed by atoms with Crippen molar-refractivity contribution < 1.29 is 0 Å². The normalized spacial score (nSPS) is 52.5. The monoisotopic (exact) mass is 326 g/mol. The number of hydrogen-bond acceptors (Lipinski definition) is 2. The zero-order chi connectivity index (χ0) is 16.5. The van der Waals surface area contributed by atoms with Crippen molar-refractivity contribution in [1.82, 2.24) is 10.6 Å². The minimum Gasteiger partial charge on any atom is -0.391 e. The fourth-order valence-corrected chi connectivity index (χ4v) is 7.97. The molecule has 2 nitrogen and oxygen atoms in total. The van der Waals surface area contributed by atoms with Crippen LogP contribution in [0, 0.1) is 34.5 Å². The van der Waals surface area contributed by atoms with Crippen LogP contribution in [0.3, 0.4) is 0 Å². The smallest absolute Gasteiger partial charge is 0.0107 e. The van der Waals surface area contributed by atoms with Crippen molar-refractivity contribution in [2.24, 2.45) is 34.5 Å². The van der Waals surface area contributed by atoms with E-state index in [1.807, 2.05) is 0 Å². The van der Waals surface area contributed by atoms with E-state index in [1.165, 1.54) is 57.2 Å². The Morgan fingerprint density at radius 2 is 1.96 bits per heavy atom. The van der Waals surface area contributed by atoms with Crippen molar-refractivity contribution in [1.29, 1.82) is 0 Å². The molecule has 1 aliphatic heterocycles. The molecule has 1 heterocycles. The van der Waals surface area contributed by atoms with Gasteiger partial charge >= 0.3 is 0 Å². The van der Waals surface area contributed by atoms with Crippen LogP contribution in [0.25, 0.3) is 0 Å². The summed E-state index contributed by atoms with van der Waals surface area (Å²) in [4.78, 5) is 0. The zero-order valence-corrected chi connectivity index (χ0v) is 15.7. The van der Waals surface area contributed by atoms with Crippen LogP contribution in [0.4, 0.5) is 0 Å². The summed E-state index contributed by atoms with van der Waals surface area (Å²) < 4.78 is 0. The van der Waals surface area contributed by atoms with E-state index in [0.29, 0.717) is 10.8 Å². The third kappa shape index (κ3) is 1.81. The molecule has 2 saturated carbocycles. The first-order chi connectivity index (χ1) is 11.6. The fraction of sp³-hybridized carbons (Fsp3) is 0.818. The SMILES string of the molecule is CNC1=CC2=CC[C@@H]3[C@@H](CC[C@]45CN[C@@H](C)[C@H]4CC[C@@H]35)[C@@]2(C)CC1. The van der Waals surface area contributed by atoms with Crippen molar-refractivity contribution >= 4 is 0 Å². The Kier molecular flexibility index (Phi) is 3.31. The topological polar surface area (TPSA) is 24.1 Å². The average Bonchev–Trinajstić information content (AvgIpc) is 3.12. The molecule has 2 N–H and O–H groups in total. The minimum atomic E-state index is 0.445. The fourth-order valence-electron chi connectivity index (χ4n) is 7.97. The van der Waals surface area contributed by atoms with Crippen LogP contribution >= 0.6 is 0 Å². The Balaban J connectivity index is 1.50. The molecule has 5 rings (SSSR count). The van der Waals surface area contributed by atoms with Crippen LogP contribution in [0.5, 0.6) is 0 Å². The van der Waals surface area contributed by atoms with Gasteiger partial charge in [-0.25, -0.2) is 0 Å². The van der Waals surface area contributed by atoms with Crippen molar-refractivity contribution in [3.8, 4) is 0 Å². The highest BCUT2D eigenvalue weighted by molar-refractivity contribution is 5.37. The maximum atomic E-state index is 3.85. The standard InChI is InChI=1S/C22H34N2/c1-14-18-6-7-20-17-5-4-15-12-16(23-3)8-10-21(15,2)19(17)9-11-22(18,20)13-24-14/h4,12,14,17-20,23-24H,5-11,13H2,1-3H3/t14-,17+,18+,19+,20-,21-,22-/m0/s1. The van der Waals surface area contributed by atoms with E-state index in [2.05, 4.69) is 43.7 Å². The lowest BCUT2D eigenvalue weighted by atomic mass is 9.48. The molecule has 2 heteroatoms. The third-order valence-electron chi connectivity index (χ3n) is 9.23. The van der Waals surface area contributed by atoms with Crippen molar-refractivity contribution in [2.75, 3.05) is 13.6 Å². The summed E-state index contributed by atoms with van der Waals surface area (Å²) in [7, 11) is 2.08. The van der Waals surface area contributed by atoms with Crippen LogP contribution in [-0.4, -0.2) is 19.6 Å². The Labute approximate surface area is 147 Å². The van der Waals surface area contributed by atoms with Crippen LogP contribution in [0.15, 0.2) is 23.4 Å². The number of allylic oxidation sites excluding steroid dienone is 4. The maximum absolute atomic E-state index is 3.85. The summed E-state index contributed by atoms with van der Waals surface area (Å²) in [6.45, 7) is 6.35. The van der Waals surface area contributed by atoms with E-state index in [1.54, 1.807) is 5.57 Å². The van der Waals surface area contributed by atoms with Crippen molar-refractivity contribution in [3.05, 3.63) is 23.4 Å². The van der Waals surface area contributed by atoms with Crippen LogP contribution < -0.4 is 10.6 Å². The molecule has 24 heavy (non-hydrogen) atoms. The number of fused-ring (bicyclic) bond motifs is 4. The van der Waals surface area contributed by atoms with Gasteiger partial charge in [-0.1, -0.05) is 13.0 Å². The molecule has 3 fully saturated rings. The van der Waals surface area contributed by atoms with Crippen LogP contribution in [-0.2, 0) is 0 Å². The van der Waals surface area contributed by atoms with E-state index in [0.717, 1.165) is 29.7 Å². The molecule has 0 aromatic rings. The van der Waals surface area contributed by atoms with E-state index in [9.17, 15) is 0 Å². The van der Waals surface area contributed by atoms with Crippen LogP contribution in [0.2, 0.25) is 0 Å². The van der Waals surface area contributed by atoms with Gasteiger partial charge in [0.2, 0.25) is 0 Å². The lowest BCUT2D eigenvalue weighted by molar-refractivity contribution is -0.0308. The van der Waals surface area contributed by atoms with Gasteiger partial charge in [0.1, 0.15) is 0 Å². The average molecular weight is 327 g/mol. The molecule has 0 radical (unpaired) electrons. The maximum Gasteiger partial charge on any atom is 0.0107 e. The van der Waals surface area contributed by atoms with Gasteiger partial charge in [0, 0.05) is 25.3 Å². The Morgan fingerprint density at radius 1 is 1.12 bits per heavy atom. The molecular formula is C22H34N2. The summed E-state index contributed by atoms with van der Waals surface area (Å²) in [5.41, 5.74) is 4.20. The predicted molar refractivity (Wildman–Crippen MR) is 99.5 cm³/mol. The second kappa shape index (κ2) is 5.13. The van der Waals surface area contributed by atoms with E-state index in [4.69, 9.17) is 0 Å². The third-order valence-corrected chi connectivity index (χ3v) is 9.23. The van der Waals surface area contributed by atoms with Gasteiger partial charge in [0.25, 0.3) is 0 Å². The first-order valence-electron chi connectivity index (χ1n) is 10.4. The number of hydrogen-bond donors (Lipinski definition) is 2. The lowest BCUT2D eigenvalue weighted by Crippen LogP contribution is -2.50. The van der Waals surface area contributed by atoms with Crippen LogP contribution in [0.1, 0.15) is 58.8 Å². The largest absolute Gasteiger partial charge is 0.391 e. The molecule has 0 unspecified atom stereocenters. The summed E-state index contributed by atoms with van der Waals surface area (Å²) in [6.07, 6.45) is 15.0. The Morgan fingerprint density at radius 3 is 2.79 bits per heavy atom. The minimum absolute atomic E-state index is 0.445. The lowest BCUT2D eigenvalue weighted by Gasteiger charge is -2.57. The second-order valence-corrected chi connectivity index (χ2v) is 9.73. The first-order valence-corrected chi connectivity index (χ1v) is 10.4. The molecule has 5 aliphatic rings. The van der Waals surface area contributed by atoms with Gasteiger partial charge in [0.05, 0.1) is 0 Å². The van der Waals surface area contributed by atoms with Crippen molar-refractivity contribution in [3.63, 3.8) is 0 Å². The summed E-state index contributed by atoms with van der Waals surface area (Å²) in [6, 6.07) is 0.757. The van der Waals surface area contributed by atoms with E-state index < -0.39 is 0 Å². The molecule has 1 saturated heterocycles. The number of nitrogens with one attached hydrogen (secondary N) is 2. The van der Waals surface area contributed by atoms with Gasteiger partial charge in [-0.05, 0) is 98.0 Å². The van der Waals surface area contributed by atoms with Gasteiger partial charge in [-0.15, -0.1) is 0 Å². The van der Waals surface area contributed by atoms with Gasteiger partial charge in [-0.3, -0.25) is 0 Å². The van der Waals surface area contributed by atoms with Crippen molar-refractivity contribution in [2.45, 2.75) is 64.8 Å².